The minimum absolute atomic E-state index is 0.0577. The second-order valence-corrected chi connectivity index (χ2v) is 8.58. The number of carbonyl (C=O) groups is 3. The van der Waals surface area contributed by atoms with Crippen molar-refractivity contribution in [3.63, 3.8) is 0 Å². The maximum Gasteiger partial charge on any atom is 0.344 e. The third kappa shape index (κ3) is 5.36. The largest absolute Gasteiger partial charge is 0.462 e. The first-order valence-corrected chi connectivity index (χ1v) is 11.5. The van der Waals surface area contributed by atoms with Crippen LogP contribution in [0.25, 0.3) is 10.9 Å². The number of hydrogen-bond acceptors (Lipinski definition) is 8. The summed E-state index contributed by atoms with van der Waals surface area (Å²) in [5.41, 5.74) is 1.69. The van der Waals surface area contributed by atoms with Crippen LogP contribution in [0.5, 0.6) is 0 Å². The first-order valence-electron chi connectivity index (χ1n) is 10.6. The van der Waals surface area contributed by atoms with Crippen molar-refractivity contribution < 1.29 is 28.3 Å². The number of pyridine rings is 1. The van der Waals surface area contributed by atoms with Gasteiger partial charge in [0.15, 0.2) is 0 Å². The number of para-hydroxylation sites is 1. The Bertz CT molecular complexity index is 1200. The number of rotatable bonds is 8. The highest BCUT2D eigenvalue weighted by Gasteiger charge is 2.32. The van der Waals surface area contributed by atoms with Crippen LogP contribution in [0.3, 0.4) is 0 Å². The van der Waals surface area contributed by atoms with E-state index in [0.717, 1.165) is 16.5 Å². The molecule has 1 unspecified atom stereocenters. The number of aryl methyl sites for hydroxylation is 2. The number of ether oxygens (including phenoxy) is 2. The zero-order chi connectivity index (χ0) is 24.1. The Labute approximate surface area is 196 Å². The molecule has 0 spiro atoms. The highest BCUT2D eigenvalue weighted by Crippen LogP contribution is 2.31. The van der Waals surface area contributed by atoms with Gasteiger partial charge in [-0.1, -0.05) is 30.0 Å². The average molecular weight is 471 g/mol. The lowest BCUT2D eigenvalue weighted by atomic mass is 10.1. The van der Waals surface area contributed by atoms with Crippen LogP contribution in [0.4, 0.5) is 5.88 Å². The molecule has 0 radical (unpaired) electrons. The zero-order valence-corrected chi connectivity index (χ0v) is 20.0. The second kappa shape index (κ2) is 10.5. The lowest BCUT2D eigenvalue weighted by Gasteiger charge is -2.12. The van der Waals surface area contributed by atoms with E-state index in [9.17, 15) is 14.4 Å². The van der Waals surface area contributed by atoms with E-state index < -0.39 is 23.1 Å². The summed E-state index contributed by atoms with van der Waals surface area (Å²) >= 11 is 1.28. The van der Waals surface area contributed by atoms with Crippen molar-refractivity contribution in [1.29, 1.82) is 0 Å². The van der Waals surface area contributed by atoms with Gasteiger partial charge in [0, 0.05) is 5.39 Å². The molecule has 2 heterocycles. The van der Waals surface area contributed by atoms with Gasteiger partial charge in [-0.2, -0.15) is 0 Å². The summed E-state index contributed by atoms with van der Waals surface area (Å²) in [6.07, 6.45) is 0. The lowest BCUT2D eigenvalue weighted by molar-refractivity contribution is -0.115. The number of fused-ring (bicyclic) bond motifs is 1. The molecule has 0 aliphatic carbocycles. The van der Waals surface area contributed by atoms with Crippen molar-refractivity contribution in [1.82, 2.24) is 4.98 Å². The maximum absolute atomic E-state index is 12.9. The topological polar surface area (TPSA) is 108 Å². The van der Waals surface area contributed by atoms with Crippen LogP contribution in [-0.4, -0.2) is 41.3 Å². The summed E-state index contributed by atoms with van der Waals surface area (Å²) in [6, 6.07) is 9.72. The molecule has 1 N–H and O–H groups in total. The Morgan fingerprint density at radius 2 is 1.70 bits per heavy atom. The number of aromatic nitrogens is 1. The standard InChI is InChI=1S/C24H26N2O6S/c1-6-30-23(28)19-14(4)32-22(20(19)24(29)31-7-2)26-21(27)15(5)33-18-12-13(3)16-10-8-9-11-17(16)25-18/h8-12,15H,6-7H2,1-5H3,(H,26,27). The molecule has 8 nitrogen and oxygen atoms in total. The predicted octanol–water partition coefficient (Wildman–Crippen LogP) is 4.92. The molecule has 0 bridgehead atoms. The van der Waals surface area contributed by atoms with Gasteiger partial charge in [0.1, 0.15) is 16.9 Å². The molecule has 33 heavy (non-hydrogen) atoms. The fourth-order valence-electron chi connectivity index (χ4n) is 3.31. The van der Waals surface area contributed by atoms with E-state index >= 15 is 0 Å². The van der Waals surface area contributed by atoms with E-state index in [1.165, 1.54) is 18.7 Å². The van der Waals surface area contributed by atoms with E-state index in [1.807, 2.05) is 37.3 Å². The minimum Gasteiger partial charge on any atom is -0.462 e. The van der Waals surface area contributed by atoms with Crippen LogP contribution in [0.15, 0.2) is 39.8 Å². The normalized spacial score (nSPS) is 11.8. The number of furan rings is 1. The zero-order valence-electron chi connectivity index (χ0n) is 19.2. The number of carbonyl (C=O) groups excluding carboxylic acids is 3. The number of anilines is 1. The molecule has 3 rings (SSSR count). The molecule has 174 valence electrons. The van der Waals surface area contributed by atoms with Gasteiger partial charge >= 0.3 is 11.9 Å². The molecule has 1 atom stereocenters. The molecule has 0 fully saturated rings. The first-order chi connectivity index (χ1) is 15.8. The smallest absolute Gasteiger partial charge is 0.344 e. The van der Waals surface area contributed by atoms with Gasteiger partial charge in [0.05, 0.1) is 29.0 Å². The summed E-state index contributed by atoms with van der Waals surface area (Å²) in [6.45, 7) is 8.75. The van der Waals surface area contributed by atoms with Gasteiger partial charge in [0.25, 0.3) is 0 Å². The highest BCUT2D eigenvalue weighted by atomic mass is 32.2. The number of thioether (sulfide) groups is 1. The Morgan fingerprint density at radius 3 is 2.36 bits per heavy atom. The fourth-order valence-corrected chi connectivity index (χ4v) is 4.23. The van der Waals surface area contributed by atoms with Gasteiger partial charge in [-0.25, -0.2) is 14.6 Å². The third-order valence-corrected chi connectivity index (χ3v) is 5.86. The Balaban J connectivity index is 1.85. The summed E-state index contributed by atoms with van der Waals surface area (Å²) in [7, 11) is 0. The SMILES string of the molecule is CCOC(=O)c1c(C)oc(NC(=O)C(C)Sc2cc(C)c3ccccc3n2)c1C(=O)OCC. The molecule has 1 aromatic carbocycles. The van der Waals surface area contributed by atoms with Gasteiger partial charge in [-0.15, -0.1) is 0 Å². The number of benzene rings is 1. The fraction of sp³-hybridized carbons (Fsp3) is 0.333. The second-order valence-electron chi connectivity index (χ2n) is 7.22. The van der Waals surface area contributed by atoms with E-state index in [-0.39, 0.29) is 36.0 Å². The number of esters is 2. The Hall–Kier alpha value is -3.33. The third-order valence-electron chi connectivity index (χ3n) is 4.85. The minimum atomic E-state index is -0.778. The number of amides is 1. The molecule has 1 amide bonds. The Kier molecular flexibility index (Phi) is 7.75. The van der Waals surface area contributed by atoms with E-state index in [0.29, 0.717) is 5.03 Å². The summed E-state index contributed by atoms with van der Waals surface area (Å²) < 4.78 is 15.7. The molecule has 9 heteroatoms. The van der Waals surface area contributed by atoms with Crippen molar-refractivity contribution in [2.75, 3.05) is 18.5 Å². The molecule has 0 saturated heterocycles. The van der Waals surface area contributed by atoms with Crippen molar-refractivity contribution >= 4 is 46.4 Å². The van der Waals surface area contributed by atoms with Crippen molar-refractivity contribution in [2.45, 2.75) is 44.9 Å². The van der Waals surface area contributed by atoms with Crippen LogP contribution < -0.4 is 5.32 Å². The molecular weight excluding hydrogens is 444 g/mol. The number of hydrogen-bond donors (Lipinski definition) is 1. The highest BCUT2D eigenvalue weighted by molar-refractivity contribution is 8.00. The molecular formula is C24H26N2O6S. The summed E-state index contributed by atoms with van der Waals surface area (Å²) in [5, 5.41) is 3.80. The van der Waals surface area contributed by atoms with Crippen LogP contribution in [-0.2, 0) is 14.3 Å². The van der Waals surface area contributed by atoms with Crippen LogP contribution in [0.1, 0.15) is 52.8 Å². The van der Waals surface area contributed by atoms with Gasteiger partial charge in [-0.3, -0.25) is 10.1 Å². The van der Waals surface area contributed by atoms with E-state index in [2.05, 4.69) is 10.3 Å². The maximum atomic E-state index is 12.9. The van der Waals surface area contributed by atoms with Crippen LogP contribution in [0.2, 0.25) is 0 Å². The van der Waals surface area contributed by atoms with Gasteiger partial charge in [-0.05, 0) is 52.3 Å². The van der Waals surface area contributed by atoms with Gasteiger partial charge < -0.3 is 13.9 Å². The molecule has 0 aliphatic rings. The summed E-state index contributed by atoms with van der Waals surface area (Å²) in [4.78, 5) is 42.5. The first kappa shape index (κ1) is 24.3. The molecule has 0 aliphatic heterocycles. The number of nitrogens with zero attached hydrogens (tertiary/aromatic N) is 1. The number of nitrogens with one attached hydrogen (secondary N) is 1. The summed E-state index contributed by atoms with van der Waals surface area (Å²) in [5.74, 6) is -1.91. The van der Waals surface area contributed by atoms with Crippen LogP contribution >= 0.6 is 11.8 Å². The molecule has 3 aromatic rings. The van der Waals surface area contributed by atoms with Crippen molar-refractivity contribution in [3.8, 4) is 0 Å². The van der Waals surface area contributed by atoms with Gasteiger partial charge in [0.2, 0.25) is 11.8 Å². The monoisotopic (exact) mass is 470 g/mol. The average Bonchev–Trinajstić information content (AvgIpc) is 3.09. The predicted molar refractivity (Wildman–Crippen MR) is 126 cm³/mol. The lowest BCUT2D eigenvalue weighted by Crippen LogP contribution is -2.24. The van der Waals surface area contributed by atoms with Crippen molar-refractivity contribution in [3.05, 3.63) is 52.8 Å². The molecule has 0 saturated carbocycles. The van der Waals surface area contributed by atoms with Crippen LogP contribution in [0, 0.1) is 13.8 Å². The van der Waals surface area contributed by atoms with E-state index in [1.54, 1.807) is 20.8 Å². The molecule has 2 aromatic heterocycles. The Morgan fingerprint density at radius 1 is 1.06 bits per heavy atom. The quantitative estimate of drug-likeness (QED) is 0.365. The van der Waals surface area contributed by atoms with E-state index in [4.69, 9.17) is 13.9 Å². The van der Waals surface area contributed by atoms with Crippen molar-refractivity contribution in [2.24, 2.45) is 0 Å².